The molecule has 0 unspecified atom stereocenters. The van der Waals surface area contributed by atoms with E-state index in [9.17, 15) is 0 Å². The summed E-state index contributed by atoms with van der Waals surface area (Å²) in [7, 11) is 0. The van der Waals surface area contributed by atoms with E-state index in [1.807, 2.05) is 33.8 Å². The normalized spacial score (nSPS) is 10.1. The summed E-state index contributed by atoms with van der Waals surface area (Å²) in [5.74, 6) is 3.02. The maximum atomic E-state index is 5.45. The molecule has 0 amide bonds. The number of hydrogen-bond donors (Lipinski definition) is 1. The van der Waals surface area contributed by atoms with Gasteiger partial charge < -0.3 is 5.32 Å². The number of hydrogen-bond acceptors (Lipinski definition) is 1. The number of alkyl halides is 3. The van der Waals surface area contributed by atoms with Crippen molar-refractivity contribution < 1.29 is 0 Å². The van der Waals surface area contributed by atoms with E-state index in [-0.39, 0.29) is 19.8 Å². The van der Waals surface area contributed by atoms with Crippen LogP contribution < -0.4 is 5.32 Å². The van der Waals surface area contributed by atoms with Gasteiger partial charge in [0.25, 0.3) is 0 Å². The van der Waals surface area contributed by atoms with Gasteiger partial charge in [0.2, 0.25) is 0 Å². The van der Waals surface area contributed by atoms with Gasteiger partial charge in [-0.1, -0.05) is 155 Å². The van der Waals surface area contributed by atoms with E-state index in [2.05, 4.69) is 148 Å². The summed E-state index contributed by atoms with van der Waals surface area (Å²) < 4.78 is 1.53. The molecular weight excluding hydrogens is 705 g/mol. The van der Waals surface area contributed by atoms with Crippen molar-refractivity contribution in [3.63, 3.8) is 0 Å². The largest absolute Gasteiger partial charge is 0.0620 e. The van der Waals surface area contributed by atoms with Crippen LogP contribution in [-0.2, 0) is 0 Å². The molecule has 0 bridgehead atoms. The standard InChI is InChI=1S/C16H23N.C8H10.C7H14.C5H13I.2C4H10.C3H6/c1-9-13(6)16(10-14(7)11(2)3)17-15(8)12(4)5;1-7-5-3-4-6-8(7)2;1-4-6-7(3)5-2;1-4-5-6(2)3;2*1-3-4-2;1-3-2/h1,10,12,17H,2,8H2,3-7H3;3-6H,1-2H3;3-6H2,1-2H3;4-5H2,1-3H3;2*3-4H2,1-2H3;3H,1H2,2H3/b14-10+,16-13+;;;;;;. The summed E-state index contributed by atoms with van der Waals surface area (Å²) >= 11 is -0.307. The zero-order valence-electron chi connectivity index (χ0n) is 36.2. The van der Waals surface area contributed by atoms with Crippen LogP contribution in [0, 0.1) is 32.1 Å². The third-order valence-corrected chi connectivity index (χ3v) is 9.98. The molecule has 0 radical (unpaired) electrons. The van der Waals surface area contributed by atoms with Crippen molar-refractivity contribution in [2.24, 2.45) is 5.92 Å². The van der Waals surface area contributed by atoms with Crippen molar-refractivity contribution in [2.45, 2.75) is 155 Å². The first-order chi connectivity index (χ1) is 22.9. The summed E-state index contributed by atoms with van der Waals surface area (Å²) in [6.45, 7) is 46.7. The molecule has 0 atom stereocenters. The summed E-state index contributed by atoms with van der Waals surface area (Å²) in [6, 6.07) is 8.36. The van der Waals surface area contributed by atoms with E-state index in [0.29, 0.717) is 5.92 Å². The summed E-state index contributed by atoms with van der Waals surface area (Å²) in [5.41, 5.74) is 9.00. The molecule has 286 valence electrons. The molecular formula is C47H86IN. The first kappa shape index (κ1) is 58.9. The van der Waals surface area contributed by atoms with E-state index >= 15 is 0 Å². The molecule has 0 saturated carbocycles. The van der Waals surface area contributed by atoms with Crippen molar-refractivity contribution in [1.29, 1.82) is 0 Å². The van der Waals surface area contributed by atoms with Gasteiger partial charge in [0, 0.05) is 17.0 Å². The van der Waals surface area contributed by atoms with Crippen LogP contribution in [0.25, 0.3) is 0 Å². The summed E-state index contributed by atoms with van der Waals surface area (Å²) in [6.07, 6.45) is 19.5. The molecule has 1 rings (SSSR count). The maximum Gasteiger partial charge on any atom is -0.0395 e. The van der Waals surface area contributed by atoms with Crippen LogP contribution in [0.1, 0.15) is 153 Å². The molecule has 49 heavy (non-hydrogen) atoms. The predicted molar refractivity (Wildman–Crippen MR) is 246 cm³/mol. The molecule has 0 aliphatic carbocycles. The fraction of sp³-hybridized carbons (Fsp3) is 0.574. The second-order valence-electron chi connectivity index (χ2n) is 12.5. The van der Waals surface area contributed by atoms with Gasteiger partial charge in [-0.3, -0.25) is 0 Å². The number of halogens is 1. The number of terminal acetylenes is 1. The number of rotatable bonds is 12. The molecule has 1 N–H and O–H groups in total. The average Bonchev–Trinajstić information content (AvgIpc) is 3.06. The van der Waals surface area contributed by atoms with Crippen LogP contribution in [0.3, 0.4) is 0 Å². The molecule has 0 fully saturated rings. The van der Waals surface area contributed by atoms with Gasteiger partial charge in [-0.25, -0.2) is 0 Å². The molecule has 0 aliphatic heterocycles. The molecule has 1 aromatic rings. The van der Waals surface area contributed by atoms with Crippen LogP contribution in [-0.4, -0.2) is 14.3 Å². The van der Waals surface area contributed by atoms with Crippen molar-refractivity contribution in [3.8, 4) is 12.3 Å². The first-order valence-corrected chi connectivity index (χ1v) is 24.5. The molecule has 0 spiro atoms. The molecule has 2 heteroatoms. The van der Waals surface area contributed by atoms with Crippen LogP contribution in [0.2, 0.25) is 0 Å². The van der Waals surface area contributed by atoms with Gasteiger partial charge in [-0.05, 0) is 83.1 Å². The molecule has 0 saturated heterocycles. The fourth-order valence-electron chi connectivity index (χ4n) is 2.54. The summed E-state index contributed by atoms with van der Waals surface area (Å²) in [4.78, 5) is 4.82. The van der Waals surface area contributed by atoms with Crippen LogP contribution >= 0.6 is 19.8 Å². The van der Waals surface area contributed by atoms with Crippen LogP contribution in [0.15, 0.2) is 96.4 Å². The Morgan fingerprint density at radius 2 is 1.22 bits per heavy atom. The van der Waals surface area contributed by atoms with Crippen molar-refractivity contribution in [3.05, 3.63) is 108 Å². The molecule has 0 aliphatic rings. The Morgan fingerprint density at radius 3 is 1.41 bits per heavy atom. The Morgan fingerprint density at radius 1 is 0.816 bits per heavy atom. The van der Waals surface area contributed by atoms with Crippen LogP contribution in [0.4, 0.5) is 0 Å². The Bertz CT molecular complexity index is 997. The second-order valence-corrected chi connectivity index (χ2v) is 18.8. The first-order valence-electron chi connectivity index (χ1n) is 18.6. The summed E-state index contributed by atoms with van der Waals surface area (Å²) in [5, 5.41) is 3.28. The molecule has 1 aromatic carbocycles. The number of benzene rings is 1. The average molecular weight is 792 g/mol. The Labute approximate surface area is 318 Å². The monoisotopic (exact) mass is 792 g/mol. The van der Waals surface area contributed by atoms with Crippen molar-refractivity contribution in [2.75, 3.05) is 14.3 Å². The number of allylic oxidation sites excluding steroid dienone is 7. The zero-order chi connectivity index (χ0) is 39.8. The van der Waals surface area contributed by atoms with E-state index in [0.717, 1.165) is 34.5 Å². The van der Waals surface area contributed by atoms with E-state index < -0.39 is 0 Å². The minimum Gasteiger partial charge on any atom is -0.0620 e. The Kier molecular flexibility index (Phi) is 55.0. The number of aryl methyl sites for hydroxylation is 2. The fourth-order valence-corrected chi connectivity index (χ4v) is 4.70. The van der Waals surface area contributed by atoms with E-state index in [1.54, 1.807) is 6.08 Å². The SMILES string of the molecule is C#C/C(C)=C(\C=C(/C)C(=C)C)NC(=C)C(C)C.C=C(CC)CCC.C=CC.CCCC.CCCC.CCCI(C)C.Cc1ccccc1C. The second kappa shape index (κ2) is 45.8. The third kappa shape index (κ3) is 52.7. The maximum absolute atomic E-state index is 5.45. The number of unbranched alkanes of at least 4 members (excludes halogenated alkanes) is 2. The van der Waals surface area contributed by atoms with Gasteiger partial charge in [0.05, 0.1) is 0 Å². The minimum atomic E-state index is -0.307. The Hall–Kier alpha value is -2.25. The van der Waals surface area contributed by atoms with Gasteiger partial charge in [-0.2, -0.15) is 0 Å². The third-order valence-electron chi connectivity index (χ3n) is 6.74. The van der Waals surface area contributed by atoms with Crippen molar-refractivity contribution in [1.82, 2.24) is 5.32 Å². The quantitative estimate of drug-likeness (QED) is 0.0731. The topological polar surface area (TPSA) is 12.0 Å². The molecule has 1 nitrogen and oxygen atoms in total. The van der Waals surface area contributed by atoms with Gasteiger partial charge in [-0.15, -0.1) is 13.0 Å². The van der Waals surface area contributed by atoms with Crippen LogP contribution in [0.5, 0.6) is 0 Å². The van der Waals surface area contributed by atoms with E-state index in [1.165, 1.54) is 66.1 Å². The smallest absolute Gasteiger partial charge is 0.0395 e. The van der Waals surface area contributed by atoms with Gasteiger partial charge in [0.1, 0.15) is 0 Å². The number of nitrogens with one attached hydrogen (secondary N) is 1. The minimum absolute atomic E-state index is 0.307. The molecule has 0 heterocycles. The zero-order valence-corrected chi connectivity index (χ0v) is 38.3. The molecule has 0 aromatic heterocycles. The van der Waals surface area contributed by atoms with Gasteiger partial charge >= 0.3 is 47.5 Å². The predicted octanol–water partition coefficient (Wildman–Crippen LogP) is 16.2. The van der Waals surface area contributed by atoms with Gasteiger partial charge in [0.15, 0.2) is 0 Å². The van der Waals surface area contributed by atoms with Crippen molar-refractivity contribution >= 4 is 19.8 Å². The Balaban J connectivity index is -0.000000122. The van der Waals surface area contributed by atoms with E-state index in [4.69, 9.17) is 6.42 Å².